The molecule has 4 nitrogen and oxygen atoms in total. The largest absolute Gasteiger partial charge is 0.289 e. The van der Waals surface area contributed by atoms with Crippen molar-refractivity contribution in [3.63, 3.8) is 0 Å². The van der Waals surface area contributed by atoms with E-state index >= 15 is 0 Å². The van der Waals surface area contributed by atoms with Gasteiger partial charge in [-0.1, -0.05) is 13.8 Å². The first-order chi connectivity index (χ1) is 5.65. The summed E-state index contributed by atoms with van der Waals surface area (Å²) in [6, 6.07) is 3.46. The van der Waals surface area contributed by atoms with Crippen molar-refractivity contribution in [2.45, 2.75) is 19.8 Å². The number of nitrogens with zero attached hydrogens (tertiary/aromatic N) is 2. The second kappa shape index (κ2) is 3.30. The van der Waals surface area contributed by atoms with Crippen molar-refractivity contribution in [1.29, 1.82) is 10.8 Å². The van der Waals surface area contributed by atoms with Crippen molar-refractivity contribution >= 4 is 6.34 Å². The second-order valence-electron chi connectivity index (χ2n) is 2.87. The molecular formula is C8H12N4. The Morgan fingerprint density at radius 3 is 2.67 bits per heavy atom. The molecule has 0 spiro atoms. The van der Waals surface area contributed by atoms with E-state index in [1.807, 2.05) is 19.9 Å². The average molecular weight is 164 g/mol. The van der Waals surface area contributed by atoms with Crippen LogP contribution in [0.25, 0.3) is 0 Å². The molecule has 0 atom stereocenters. The van der Waals surface area contributed by atoms with Crippen LogP contribution in [0.5, 0.6) is 0 Å². The molecule has 64 valence electrons. The van der Waals surface area contributed by atoms with Gasteiger partial charge < -0.3 is 0 Å². The molecular weight excluding hydrogens is 152 g/mol. The monoisotopic (exact) mass is 164 g/mol. The van der Waals surface area contributed by atoms with Crippen LogP contribution >= 0.6 is 0 Å². The number of hydrogen-bond donors (Lipinski definition) is 2. The van der Waals surface area contributed by atoms with Gasteiger partial charge in [0.1, 0.15) is 11.8 Å². The fraction of sp³-hybridized carbons (Fsp3) is 0.375. The highest BCUT2D eigenvalue weighted by molar-refractivity contribution is 5.51. The van der Waals surface area contributed by atoms with E-state index in [9.17, 15) is 0 Å². The van der Waals surface area contributed by atoms with Crippen LogP contribution in [-0.4, -0.2) is 16.1 Å². The van der Waals surface area contributed by atoms with Gasteiger partial charge in [-0.2, -0.15) is 5.10 Å². The highest BCUT2D eigenvalue weighted by Gasteiger charge is 2.00. The molecule has 1 aromatic heterocycles. The Morgan fingerprint density at radius 1 is 1.50 bits per heavy atom. The van der Waals surface area contributed by atoms with Gasteiger partial charge in [0, 0.05) is 0 Å². The zero-order valence-electron chi connectivity index (χ0n) is 7.20. The summed E-state index contributed by atoms with van der Waals surface area (Å²) in [5, 5.41) is 18.4. The van der Waals surface area contributed by atoms with Crippen molar-refractivity contribution in [3.05, 3.63) is 23.3 Å². The Bertz CT molecular complexity index is 337. The molecule has 1 heterocycles. The third kappa shape index (κ3) is 1.58. The fourth-order valence-electron chi connectivity index (χ4n) is 0.859. The molecule has 0 bridgehead atoms. The number of hydrogen-bond acceptors (Lipinski definition) is 3. The molecule has 0 aliphatic rings. The predicted molar refractivity (Wildman–Crippen MR) is 46.4 cm³/mol. The number of aromatic nitrogens is 2. The number of nitrogens with one attached hydrogen (secondary N) is 2. The molecule has 4 heteroatoms. The lowest BCUT2D eigenvalue weighted by Gasteiger charge is -2.05. The third-order valence-electron chi connectivity index (χ3n) is 1.60. The molecule has 0 radical (unpaired) electrons. The molecule has 0 saturated carbocycles. The maximum absolute atomic E-state index is 7.36. The summed E-state index contributed by atoms with van der Waals surface area (Å²) < 4.78 is 1.25. The minimum atomic E-state index is 0.231. The summed E-state index contributed by atoms with van der Waals surface area (Å²) in [4.78, 5) is 0. The van der Waals surface area contributed by atoms with Crippen LogP contribution in [0.3, 0.4) is 0 Å². The summed E-state index contributed by atoms with van der Waals surface area (Å²) in [5.41, 5.74) is 1.13. The second-order valence-corrected chi connectivity index (χ2v) is 2.87. The lowest BCUT2D eigenvalue weighted by atomic mass is 10.1. The smallest absolute Gasteiger partial charge is 0.147 e. The zero-order chi connectivity index (χ0) is 9.14. The Balaban J connectivity index is 3.23. The van der Waals surface area contributed by atoms with Crippen molar-refractivity contribution in [1.82, 2.24) is 9.78 Å². The van der Waals surface area contributed by atoms with E-state index in [-0.39, 0.29) is 5.49 Å². The molecule has 12 heavy (non-hydrogen) atoms. The predicted octanol–water partition coefficient (Wildman–Crippen LogP) is 0.941. The quantitative estimate of drug-likeness (QED) is 0.496. The maximum Gasteiger partial charge on any atom is 0.147 e. The minimum absolute atomic E-state index is 0.231. The van der Waals surface area contributed by atoms with Crippen molar-refractivity contribution in [2.24, 2.45) is 0 Å². The minimum Gasteiger partial charge on any atom is -0.289 e. The Labute approximate surface area is 70.9 Å². The van der Waals surface area contributed by atoms with Crippen LogP contribution in [0.15, 0.2) is 12.1 Å². The van der Waals surface area contributed by atoms with E-state index in [4.69, 9.17) is 10.8 Å². The summed E-state index contributed by atoms with van der Waals surface area (Å²) in [7, 11) is 0. The van der Waals surface area contributed by atoms with E-state index in [1.54, 1.807) is 6.07 Å². The first-order valence-corrected chi connectivity index (χ1v) is 3.80. The lowest BCUT2D eigenvalue weighted by Crippen LogP contribution is -2.22. The summed E-state index contributed by atoms with van der Waals surface area (Å²) in [6.45, 7) is 4.06. The van der Waals surface area contributed by atoms with E-state index in [0.29, 0.717) is 5.92 Å². The molecule has 1 rings (SSSR count). The molecule has 2 N–H and O–H groups in total. The van der Waals surface area contributed by atoms with Crippen molar-refractivity contribution in [2.75, 3.05) is 0 Å². The summed E-state index contributed by atoms with van der Waals surface area (Å²) in [6.07, 6.45) is 1.04. The normalized spacial score (nSPS) is 10.2. The zero-order valence-corrected chi connectivity index (χ0v) is 7.20. The van der Waals surface area contributed by atoms with E-state index in [1.165, 1.54) is 4.68 Å². The van der Waals surface area contributed by atoms with Crippen LogP contribution in [-0.2, 0) is 0 Å². The topological polar surface area (TPSA) is 65.5 Å². The van der Waals surface area contributed by atoms with Gasteiger partial charge in [0.05, 0.1) is 5.69 Å². The van der Waals surface area contributed by atoms with Gasteiger partial charge in [-0.15, -0.1) is 0 Å². The van der Waals surface area contributed by atoms with Gasteiger partial charge >= 0.3 is 0 Å². The molecule has 0 aromatic carbocycles. The van der Waals surface area contributed by atoms with Gasteiger partial charge in [0.25, 0.3) is 0 Å². The summed E-state index contributed by atoms with van der Waals surface area (Å²) in [5.74, 6) is 0.330. The van der Waals surface area contributed by atoms with E-state index in [0.717, 1.165) is 12.0 Å². The molecule has 1 aromatic rings. The van der Waals surface area contributed by atoms with E-state index < -0.39 is 0 Å². The lowest BCUT2D eigenvalue weighted by molar-refractivity contribution is 0.726. The first-order valence-electron chi connectivity index (χ1n) is 3.80. The first kappa shape index (κ1) is 8.64. The molecule has 0 aliphatic carbocycles. The van der Waals surface area contributed by atoms with Crippen molar-refractivity contribution < 1.29 is 0 Å². The molecule has 0 amide bonds. The van der Waals surface area contributed by atoms with Gasteiger partial charge in [-0.3, -0.25) is 10.8 Å². The fourth-order valence-corrected chi connectivity index (χ4v) is 0.859. The van der Waals surface area contributed by atoms with Gasteiger partial charge in [-0.05, 0) is 18.1 Å². The van der Waals surface area contributed by atoms with Gasteiger partial charge in [0.15, 0.2) is 0 Å². The molecule has 0 aliphatic heterocycles. The Kier molecular flexibility index (Phi) is 2.38. The van der Waals surface area contributed by atoms with Crippen LogP contribution < -0.4 is 5.49 Å². The van der Waals surface area contributed by atoms with Crippen LogP contribution in [0.4, 0.5) is 0 Å². The SMILES string of the molecule is CC(C)c1ccc(=N)n(C=N)n1. The third-order valence-corrected chi connectivity index (χ3v) is 1.60. The van der Waals surface area contributed by atoms with Crippen LogP contribution in [0.1, 0.15) is 25.5 Å². The van der Waals surface area contributed by atoms with Crippen LogP contribution in [0, 0.1) is 10.8 Å². The highest BCUT2D eigenvalue weighted by atomic mass is 15.3. The van der Waals surface area contributed by atoms with Gasteiger partial charge in [-0.25, -0.2) is 4.68 Å². The summed E-state index contributed by atoms with van der Waals surface area (Å²) >= 11 is 0. The average Bonchev–Trinajstić information content (AvgIpc) is 2.05. The van der Waals surface area contributed by atoms with Crippen molar-refractivity contribution in [3.8, 4) is 0 Å². The Morgan fingerprint density at radius 2 is 2.17 bits per heavy atom. The highest BCUT2D eigenvalue weighted by Crippen LogP contribution is 2.07. The Hall–Kier alpha value is -1.45. The molecule has 0 saturated heterocycles. The van der Waals surface area contributed by atoms with E-state index in [2.05, 4.69) is 5.10 Å². The molecule has 0 unspecified atom stereocenters. The molecule has 0 fully saturated rings. The number of rotatable bonds is 2. The van der Waals surface area contributed by atoms with Gasteiger partial charge in [0.2, 0.25) is 0 Å². The standard InChI is InChI=1S/C8H12N4/c1-6(2)7-3-4-8(10)12(5-9)11-7/h3-6,9-10H,1-2H3. The maximum atomic E-state index is 7.36. The van der Waals surface area contributed by atoms with Crippen LogP contribution in [0.2, 0.25) is 0 Å².